The number of hydrogen-bond acceptors (Lipinski definition) is 12. The van der Waals surface area contributed by atoms with E-state index in [1.54, 1.807) is 30.3 Å². The van der Waals surface area contributed by atoms with Gasteiger partial charge in [0.1, 0.15) is 33.1 Å². The molecule has 15 nitrogen and oxygen atoms in total. The monoisotopic (exact) mass is 582 g/mol. The number of carboxylic acid groups (broad SMARTS) is 1. The molecule has 1 fully saturated rings. The first-order chi connectivity index (χ1) is 16.6. The molecule has 194 valence electrons. The van der Waals surface area contributed by atoms with Gasteiger partial charge in [0.15, 0.2) is 6.10 Å². The molecule has 5 N–H and O–H groups in total. The van der Waals surface area contributed by atoms with Gasteiger partial charge < -0.3 is 25.6 Å². The zero-order chi connectivity index (χ0) is 25.3. The molecule has 1 aromatic heterocycles. The summed E-state index contributed by atoms with van der Waals surface area (Å²) in [5.41, 5.74) is 0.448. The number of carbonyl (C=O) groups excluding carboxylic acids is 2. The van der Waals surface area contributed by atoms with Crippen molar-refractivity contribution in [2.45, 2.75) is 28.6 Å². The fourth-order valence-electron chi connectivity index (χ4n) is 3.50. The average Bonchev–Trinajstić information content (AvgIpc) is 3.25. The van der Waals surface area contributed by atoms with Crippen LogP contribution in [0.15, 0.2) is 46.8 Å². The van der Waals surface area contributed by atoms with Crippen molar-refractivity contribution >= 4 is 51.4 Å². The van der Waals surface area contributed by atoms with Crippen molar-refractivity contribution in [3.63, 3.8) is 0 Å². The maximum atomic E-state index is 12.8. The number of nitrogens with zero attached hydrogens (tertiary/aromatic N) is 5. The maximum Gasteiger partial charge on any atom is 1.00 e. The number of aromatic nitrogens is 4. The Morgan fingerprint density at radius 1 is 1.30 bits per heavy atom. The number of rotatable bonds is 9. The first-order valence-corrected chi connectivity index (χ1v) is 13.4. The number of β-lactam (4-membered cyclic amide) rings is 1. The summed E-state index contributed by atoms with van der Waals surface area (Å²) in [7, 11) is -4.65. The molecule has 4 rings (SSSR count). The van der Waals surface area contributed by atoms with Crippen LogP contribution in [0, 0.1) is 0 Å². The van der Waals surface area contributed by atoms with Crippen LogP contribution in [0.5, 0.6) is 0 Å². The molecule has 0 spiro atoms. The number of amides is 2. The van der Waals surface area contributed by atoms with E-state index in [1.807, 2.05) is 0 Å². The molecule has 1 saturated heterocycles. The predicted molar refractivity (Wildman–Crippen MR) is 123 cm³/mol. The van der Waals surface area contributed by atoms with Crippen molar-refractivity contribution in [2.75, 3.05) is 11.5 Å². The molecular formula is C18H19N6NaO9S3. The summed E-state index contributed by atoms with van der Waals surface area (Å²) in [4.78, 5) is 38.3. The number of tetrazole rings is 1. The molecule has 37 heavy (non-hydrogen) atoms. The second-order valence-electron chi connectivity index (χ2n) is 7.40. The Morgan fingerprint density at radius 3 is 2.59 bits per heavy atom. The van der Waals surface area contributed by atoms with Gasteiger partial charge in [-0.25, -0.2) is 17.9 Å². The van der Waals surface area contributed by atoms with Crippen LogP contribution in [-0.4, -0.2) is 94.5 Å². The van der Waals surface area contributed by atoms with Gasteiger partial charge in [0.2, 0.25) is 5.16 Å². The second-order valence-corrected chi connectivity index (χ2v) is 10.8. The molecule has 19 heteroatoms. The van der Waals surface area contributed by atoms with Crippen LogP contribution in [0.3, 0.4) is 0 Å². The number of benzene rings is 1. The minimum Gasteiger partial charge on any atom is -0.747 e. The SMILES string of the molecule is O.O=C(O)C1=C(CSc2nnnn2CS(=O)(=O)[O-])CS[C@@H]2[C@H](NC(=O)[C@H](O)c3ccccc3)C(=O)N12.[Na+]. The number of fused-ring (bicyclic) bond motifs is 1. The van der Waals surface area contributed by atoms with Gasteiger partial charge in [-0.15, -0.1) is 16.9 Å². The van der Waals surface area contributed by atoms with Crippen LogP contribution < -0.4 is 34.9 Å². The minimum absolute atomic E-state index is 0. The Bertz CT molecular complexity index is 1310. The maximum absolute atomic E-state index is 12.8. The molecule has 0 radical (unpaired) electrons. The third kappa shape index (κ3) is 6.89. The average molecular weight is 583 g/mol. The van der Waals surface area contributed by atoms with Crippen LogP contribution in [0.4, 0.5) is 0 Å². The van der Waals surface area contributed by atoms with Gasteiger partial charge in [-0.3, -0.25) is 14.5 Å². The van der Waals surface area contributed by atoms with Crippen molar-refractivity contribution in [1.29, 1.82) is 0 Å². The van der Waals surface area contributed by atoms with Crippen molar-refractivity contribution < 1.29 is 72.6 Å². The number of hydrogen-bond donors (Lipinski definition) is 3. The molecular weight excluding hydrogens is 563 g/mol. The zero-order valence-corrected chi connectivity index (χ0v) is 23.5. The fourth-order valence-corrected chi connectivity index (χ4v) is 6.41. The van der Waals surface area contributed by atoms with E-state index < -0.39 is 51.3 Å². The molecule has 2 aromatic rings. The fraction of sp³-hybridized carbons (Fsp3) is 0.333. The molecule has 1 aromatic carbocycles. The van der Waals surface area contributed by atoms with E-state index >= 15 is 0 Å². The summed E-state index contributed by atoms with van der Waals surface area (Å²) in [6, 6.07) is 7.14. The topological polar surface area (TPSA) is 239 Å². The molecule has 2 aliphatic rings. The van der Waals surface area contributed by atoms with Gasteiger partial charge in [-0.1, -0.05) is 42.1 Å². The first kappa shape index (κ1) is 31.2. The van der Waals surface area contributed by atoms with Crippen LogP contribution >= 0.6 is 23.5 Å². The molecule has 3 atom stereocenters. The van der Waals surface area contributed by atoms with Crippen molar-refractivity contribution in [3.05, 3.63) is 47.2 Å². The van der Waals surface area contributed by atoms with Crippen LogP contribution in [0.1, 0.15) is 11.7 Å². The van der Waals surface area contributed by atoms with Gasteiger partial charge >= 0.3 is 35.5 Å². The minimum atomic E-state index is -4.65. The quantitative estimate of drug-likeness (QED) is 0.109. The summed E-state index contributed by atoms with van der Waals surface area (Å²) >= 11 is 2.14. The normalized spacial score (nSPS) is 19.6. The van der Waals surface area contributed by atoms with Gasteiger partial charge in [0.25, 0.3) is 11.8 Å². The standard InChI is InChI=1S/C18H18N6O8S3.Na.H2O/c25-13(9-4-2-1-3-5-9)14(26)19-11-15(27)24-12(17(28)29)10(6-33-16(11)24)7-34-18-20-21-22-23(18)8-35(30,31)32;;/h1-5,11,13,16,25H,6-8H2,(H,19,26)(H,28,29)(H,30,31,32);;1H2/q;+1;/p-1/t11-,13-,16-;;/m1../s1. The second kappa shape index (κ2) is 12.7. The number of carbonyl (C=O) groups is 3. The van der Waals surface area contributed by atoms with Gasteiger partial charge in [0, 0.05) is 11.5 Å². The van der Waals surface area contributed by atoms with Gasteiger partial charge in [-0.05, 0) is 21.6 Å². The predicted octanol–water partition coefficient (Wildman–Crippen LogP) is -5.08. The summed E-state index contributed by atoms with van der Waals surface area (Å²) in [5, 5.41) is 32.2. The van der Waals surface area contributed by atoms with Crippen molar-refractivity contribution in [1.82, 2.24) is 30.4 Å². The molecule has 0 saturated carbocycles. The van der Waals surface area contributed by atoms with Crippen LogP contribution in [0.2, 0.25) is 0 Å². The Hall–Kier alpha value is -2.03. The van der Waals surface area contributed by atoms with E-state index in [2.05, 4.69) is 20.8 Å². The number of thioether (sulfide) groups is 2. The molecule has 3 heterocycles. The van der Waals surface area contributed by atoms with E-state index in [0.29, 0.717) is 11.1 Å². The molecule has 0 bridgehead atoms. The summed E-state index contributed by atoms with van der Waals surface area (Å²) in [5.74, 6) is -3.55. The van der Waals surface area contributed by atoms with E-state index in [-0.39, 0.29) is 57.4 Å². The van der Waals surface area contributed by atoms with Crippen LogP contribution in [0.25, 0.3) is 0 Å². The summed E-state index contributed by atoms with van der Waals surface area (Å²) < 4.78 is 33.8. The number of aliphatic hydroxyl groups excluding tert-OH is 1. The van der Waals surface area contributed by atoms with E-state index in [0.717, 1.165) is 21.3 Å². The Labute approximate surface area is 240 Å². The van der Waals surface area contributed by atoms with Crippen molar-refractivity contribution in [2.24, 2.45) is 0 Å². The number of aliphatic hydroxyl groups is 1. The van der Waals surface area contributed by atoms with Gasteiger partial charge in [0.05, 0.1) is 0 Å². The van der Waals surface area contributed by atoms with E-state index in [9.17, 15) is 37.6 Å². The summed E-state index contributed by atoms with van der Waals surface area (Å²) in [6.45, 7) is 0. The number of nitrogens with one attached hydrogen (secondary N) is 1. The molecule has 2 aliphatic heterocycles. The number of carboxylic acids is 1. The Morgan fingerprint density at radius 2 is 1.97 bits per heavy atom. The van der Waals surface area contributed by atoms with Gasteiger partial charge in [-0.2, -0.15) is 0 Å². The Kier molecular flexibility index (Phi) is 10.7. The van der Waals surface area contributed by atoms with Crippen LogP contribution in [-0.2, 0) is 30.4 Å². The molecule has 0 unspecified atom stereocenters. The molecule has 2 amide bonds. The Balaban J connectivity index is 0.00000241. The molecule has 0 aliphatic carbocycles. The smallest absolute Gasteiger partial charge is 0.747 e. The third-order valence-corrected chi connectivity index (χ3v) is 8.01. The summed E-state index contributed by atoms with van der Waals surface area (Å²) in [6.07, 6.45) is -1.49. The zero-order valence-electron chi connectivity index (χ0n) is 19.0. The van der Waals surface area contributed by atoms with E-state index in [4.69, 9.17) is 0 Å². The first-order valence-electron chi connectivity index (χ1n) is 9.82. The third-order valence-electron chi connectivity index (χ3n) is 5.07. The van der Waals surface area contributed by atoms with Crippen molar-refractivity contribution in [3.8, 4) is 0 Å². The van der Waals surface area contributed by atoms with E-state index in [1.165, 1.54) is 11.8 Å². The largest absolute Gasteiger partial charge is 1.00 e. The number of aliphatic carboxylic acids is 1.